The molecule has 6 nitrogen and oxygen atoms in total. The van der Waals surface area contributed by atoms with Gasteiger partial charge in [-0.3, -0.25) is 4.72 Å². The standard InChI is InChI=1S/C13H11ClN2O4S/c14-8-1-4-13(10(15)5-8)21(17,18)16-9-2-3-11-12(6-9)20-7-19-11/h1-6,16H,7,15H2. The van der Waals surface area contributed by atoms with Gasteiger partial charge in [0, 0.05) is 11.1 Å². The van der Waals surface area contributed by atoms with Crippen molar-refractivity contribution in [3.63, 3.8) is 0 Å². The van der Waals surface area contributed by atoms with E-state index in [-0.39, 0.29) is 17.4 Å². The topological polar surface area (TPSA) is 90.7 Å². The largest absolute Gasteiger partial charge is 0.454 e. The predicted molar refractivity (Wildman–Crippen MR) is 79.2 cm³/mol. The number of halogens is 1. The molecule has 8 heteroatoms. The Kier molecular flexibility index (Phi) is 3.30. The van der Waals surface area contributed by atoms with E-state index >= 15 is 0 Å². The molecule has 0 amide bonds. The molecule has 1 aliphatic rings. The van der Waals surface area contributed by atoms with E-state index in [4.69, 9.17) is 26.8 Å². The van der Waals surface area contributed by atoms with Crippen LogP contribution in [0.25, 0.3) is 0 Å². The summed E-state index contributed by atoms with van der Waals surface area (Å²) in [5.41, 5.74) is 6.14. The second-order valence-corrected chi connectivity index (χ2v) is 6.44. The number of rotatable bonds is 3. The number of fused-ring (bicyclic) bond motifs is 1. The minimum atomic E-state index is -3.81. The van der Waals surface area contributed by atoms with Gasteiger partial charge < -0.3 is 15.2 Å². The molecular formula is C13H11ClN2O4S. The number of benzene rings is 2. The number of sulfonamides is 1. The second kappa shape index (κ2) is 5.01. The number of ether oxygens (including phenoxy) is 2. The molecule has 0 radical (unpaired) electrons. The van der Waals surface area contributed by atoms with Crippen LogP contribution in [0, 0.1) is 0 Å². The minimum Gasteiger partial charge on any atom is -0.454 e. The highest BCUT2D eigenvalue weighted by Crippen LogP contribution is 2.35. The van der Waals surface area contributed by atoms with Gasteiger partial charge in [0.1, 0.15) is 4.90 Å². The highest BCUT2D eigenvalue weighted by molar-refractivity contribution is 7.92. The molecule has 0 spiro atoms. The molecule has 3 N–H and O–H groups in total. The van der Waals surface area contributed by atoms with Crippen molar-refractivity contribution in [1.29, 1.82) is 0 Å². The quantitative estimate of drug-likeness (QED) is 0.845. The van der Waals surface area contributed by atoms with E-state index in [1.807, 2.05) is 0 Å². The summed E-state index contributed by atoms with van der Waals surface area (Å²) in [7, 11) is -3.81. The van der Waals surface area contributed by atoms with E-state index in [1.54, 1.807) is 18.2 Å². The van der Waals surface area contributed by atoms with Crippen molar-refractivity contribution in [3.8, 4) is 11.5 Å². The number of hydrogen-bond acceptors (Lipinski definition) is 5. The average Bonchev–Trinajstić information content (AvgIpc) is 2.85. The first-order chi connectivity index (χ1) is 9.95. The number of nitrogens with two attached hydrogens (primary N) is 1. The molecule has 0 unspecified atom stereocenters. The van der Waals surface area contributed by atoms with Crippen molar-refractivity contribution >= 4 is 33.0 Å². The molecule has 1 aliphatic heterocycles. The van der Waals surface area contributed by atoms with Crippen LogP contribution in [0.2, 0.25) is 5.02 Å². The van der Waals surface area contributed by atoms with Crippen LogP contribution in [0.3, 0.4) is 0 Å². The van der Waals surface area contributed by atoms with E-state index in [0.717, 1.165) is 0 Å². The fraction of sp³-hybridized carbons (Fsp3) is 0.0769. The first-order valence-electron chi connectivity index (χ1n) is 5.93. The third-order valence-electron chi connectivity index (χ3n) is 2.89. The average molecular weight is 327 g/mol. The van der Waals surface area contributed by atoms with Crippen molar-refractivity contribution in [1.82, 2.24) is 0 Å². The van der Waals surface area contributed by atoms with Gasteiger partial charge in [0.25, 0.3) is 10.0 Å². The highest BCUT2D eigenvalue weighted by atomic mass is 35.5. The molecule has 110 valence electrons. The summed E-state index contributed by atoms with van der Waals surface area (Å²) in [5, 5.41) is 0.370. The summed E-state index contributed by atoms with van der Waals surface area (Å²) >= 11 is 5.77. The smallest absolute Gasteiger partial charge is 0.263 e. The third kappa shape index (κ3) is 2.70. The van der Waals surface area contributed by atoms with Gasteiger partial charge in [-0.15, -0.1) is 0 Å². The molecule has 1 heterocycles. The lowest BCUT2D eigenvalue weighted by molar-refractivity contribution is 0.174. The molecule has 0 saturated heterocycles. The van der Waals surface area contributed by atoms with Crippen molar-refractivity contribution in [3.05, 3.63) is 41.4 Å². The normalized spacial score (nSPS) is 13.2. The molecule has 0 saturated carbocycles. The predicted octanol–water partition coefficient (Wildman–Crippen LogP) is 2.45. The first-order valence-corrected chi connectivity index (χ1v) is 7.79. The van der Waals surface area contributed by atoms with Gasteiger partial charge >= 0.3 is 0 Å². The molecule has 0 fully saturated rings. The van der Waals surface area contributed by atoms with Crippen LogP contribution < -0.4 is 19.9 Å². The Morgan fingerprint density at radius 3 is 2.62 bits per heavy atom. The zero-order chi connectivity index (χ0) is 15.0. The zero-order valence-electron chi connectivity index (χ0n) is 10.7. The molecular weight excluding hydrogens is 316 g/mol. The highest BCUT2D eigenvalue weighted by Gasteiger charge is 2.20. The van der Waals surface area contributed by atoms with Crippen LogP contribution in [0.1, 0.15) is 0 Å². The Morgan fingerprint density at radius 2 is 1.86 bits per heavy atom. The monoisotopic (exact) mass is 326 g/mol. The minimum absolute atomic E-state index is 0.0374. The Balaban J connectivity index is 1.92. The fourth-order valence-electron chi connectivity index (χ4n) is 1.93. The number of nitrogens with one attached hydrogen (secondary N) is 1. The first kappa shape index (κ1) is 13.8. The van der Waals surface area contributed by atoms with Crippen LogP contribution in [0.15, 0.2) is 41.3 Å². The lowest BCUT2D eigenvalue weighted by Crippen LogP contribution is -2.14. The van der Waals surface area contributed by atoms with Gasteiger partial charge in [-0.25, -0.2) is 8.42 Å². The molecule has 2 aromatic carbocycles. The van der Waals surface area contributed by atoms with E-state index < -0.39 is 10.0 Å². The van der Waals surface area contributed by atoms with Gasteiger partial charge in [0.15, 0.2) is 11.5 Å². The van der Waals surface area contributed by atoms with Gasteiger partial charge in [0.05, 0.1) is 11.4 Å². The summed E-state index contributed by atoms with van der Waals surface area (Å²) in [6, 6.07) is 8.96. The summed E-state index contributed by atoms with van der Waals surface area (Å²) in [6.45, 7) is 0.121. The summed E-state index contributed by atoms with van der Waals surface area (Å²) < 4.78 is 37.5. The van der Waals surface area contributed by atoms with Crippen molar-refractivity contribution in [2.75, 3.05) is 17.2 Å². The van der Waals surface area contributed by atoms with Crippen LogP contribution >= 0.6 is 11.6 Å². The Labute approximate surface area is 126 Å². The van der Waals surface area contributed by atoms with Crippen LogP contribution in [0.4, 0.5) is 11.4 Å². The summed E-state index contributed by atoms with van der Waals surface area (Å²) in [4.78, 5) is -0.0374. The molecule has 0 aromatic heterocycles. The van der Waals surface area contributed by atoms with E-state index in [2.05, 4.69) is 4.72 Å². The SMILES string of the molecule is Nc1cc(Cl)ccc1S(=O)(=O)Nc1ccc2c(c1)OCO2. The van der Waals surface area contributed by atoms with E-state index in [0.29, 0.717) is 22.2 Å². The van der Waals surface area contributed by atoms with Gasteiger partial charge in [-0.1, -0.05) is 11.6 Å². The second-order valence-electron chi connectivity index (χ2n) is 4.36. The van der Waals surface area contributed by atoms with E-state index in [9.17, 15) is 8.42 Å². The maximum atomic E-state index is 12.3. The van der Waals surface area contributed by atoms with Gasteiger partial charge in [-0.05, 0) is 30.3 Å². The van der Waals surface area contributed by atoms with Crippen molar-refractivity contribution in [2.45, 2.75) is 4.90 Å². The summed E-state index contributed by atoms with van der Waals surface area (Å²) in [6.07, 6.45) is 0. The van der Waals surface area contributed by atoms with Gasteiger partial charge in [-0.2, -0.15) is 0 Å². The molecule has 0 aliphatic carbocycles. The summed E-state index contributed by atoms with van der Waals surface area (Å²) in [5.74, 6) is 1.06. The van der Waals surface area contributed by atoms with Gasteiger partial charge in [0.2, 0.25) is 6.79 Å². The Bertz CT molecular complexity index is 808. The number of hydrogen-bond donors (Lipinski definition) is 2. The maximum absolute atomic E-state index is 12.3. The molecule has 21 heavy (non-hydrogen) atoms. The third-order valence-corrected chi connectivity index (χ3v) is 4.58. The van der Waals surface area contributed by atoms with Crippen LogP contribution in [0.5, 0.6) is 11.5 Å². The molecule has 2 aromatic rings. The zero-order valence-corrected chi connectivity index (χ0v) is 12.2. The number of anilines is 2. The van der Waals surface area contributed by atoms with E-state index in [1.165, 1.54) is 18.2 Å². The molecule has 3 rings (SSSR count). The Morgan fingerprint density at radius 1 is 1.10 bits per heavy atom. The Hall–Kier alpha value is -2.12. The van der Waals surface area contributed by atoms with Crippen molar-refractivity contribution < 1.29 is 17.9 Å². The lowest BCUT2D eigenvalue weighted by Gasteiger charge is -2.10. The van der Waals surface area contributed by atoms with Crippen LogP contribution in [-0.2, 0) is 10.0 Å². The van der Waals surface area contributed by atoms with Crippen molar-refractivity contribution in [2.24, 2.45) is 0 Å². The molecule has 0 atom stereocenters. The fourth-order valence-corrected chi connectivity index (χ4v) is 3.28. The number of nitrogen functional groups attached to an aromatic ring is 1. The lowest BCUT2D eigenvalue weighted by atomic mass is 10.3. The molecule has 0 bridgehead atoms. The van der Waals surface area contributed by atoms with Crippen LogP contribution in [-0.4, -0.2) is 15.2 Å². The maximum Gasteiger partial charge on any atom is 0.263 e.